The fourth-order valence-corrected chi connectivity index (χ4v) is 2.89. The third kappa shape index (κ3) is 4.56. The Bertz CT molecular complexity index is 208. The molecule has 16 heavy (non-hydrogen) atoms. The van der Waals surface area contributed by atoms with E-state index in [2.05, 4.69) is 13.0 Å². The van der Waals surface area contributed by atoms with Gasteiger partial charge in [0.25, 0.3) is 0 Å². The van der Waals surface area contributed by atoms with E-state index in [1.165, 1.54) is 70.6 Å². The average molecular weight is 221 g/mol. The molecule has 0 bridgehead atoms. The van der Waals surface area contributed by atoms with E-state index in [1.807, 2.05) is 0 Å². The van der Waals surface area contributed by atoms with Crippen molar-refractivity contribution < 1.29 is 0 Å². The topological polar surface area (TPSA) is 23.8 Å². The van der Waals surface area contributed by atoms with Crippen molar-refractivity contribution in [3.8, 4) is 6.07 Å². The number of nitrogens with zero attached hydrogens (tertiary/aromatic N) is 1. The number of hydrogen-bond donors (Lipinski definition) is 0. The summed E-state index contributed by atoms with van der Waals surface area (Å²) >= 11 is 0. The molecule has 1 aliphatic carbocycles. The van der Waals surface area contributed by atoms with Crippen LogP contribution in [0.4, 0.5) is 0 Å². The quantitative estimate of drug-likeness (QED) is 0.516. The molecule has 1 fully saturated rings. The van der Waals surface area contributed by atoms with Gasteiger partial charge >= 0.3 is 0 Å². The zero-order chi connectivity index (χ0) is 11.7. The van der Waals surface area contributed by atoms with Gasteiger partial charge in [-0.15, -0.1) is 0 Å². The summed E-state index contributed by atoms with van der Waals surface area (Å²) in [6, 6.07) is 2.59. The molecule has 0 amide bonds. The Morgan fingerprint density at radius 1 is 0.938 bits per heavy atom. The minimum Gasteiger partial charge on any atom is -0.198 e. The molecule has 1 nitrogen and oxygen atoms in total. The molecule has 0 spiro atoms. The molecule has 0 atom stereocenters. The summed E-state index contributed by atoms with van der Waals surface area (Å²) in [5.41, 5.74) is 0.0867. The van der Waals surface area contributed by atoms with Crippen molar-refractivity contribution in [2.45, 2.75) is 84.0 Å². The maximum Gasteiger partial charge on any atom is 0.0689 e. The van der Waals surface area contributed by atoms with E-state index in [-0.39, 0.29) is 5.41 Å². The summed E-state index contributed by atoms with van der Waals surface area (Å²) in [5, 5.41) is 9.24. The van der Waals surface area contributed by atoms with E-state index in [0.29, 0.717) is 0 Å². The van der Waals surface area contributed by atoms with E-state index < -0.39 is 0 Å². The summed E-state index contributed by atoms with van der Waals surface area (Å²) < 4.78 is 0. The van der Waals surface area contributed by atoms with Crippen LogP contribution in [0.3, 0.4) is 0 Å². The maximum absolute atomic E-state index is 9.24. The molecule has 0 aromatic carbocycles. The minimum atomic E-state index is 0.0867. The summed E-state index contributed by atoms with van der Waals surface area (Å²) in [6.07, 6.45) is 15.6. The van der Waals surface area contributed by atoms with Crippen molar-refractivity contribution in [1.29, 1.82) is 5.26 Å². The van der Waals surface area contributed by atoms with Gasteiger partial charge < -0.3 is 0 Å². The van der Waals surface area contributed by atoms with Crippen LogP contribution in [0.1, 0.15) is 84.0 Å². The van der Waals surface area contributed by atoms with E-state index in [1.54, 1.807) is 0 Å². The molecule has 92 valence electrons. The van der Waals surface area contributed by atoms with Crippen molar-refractivity contribution in [3.63, 3.8) is 0 Å². The Labute approximate surface area is 101 Å². The van der Waals surface area contributed by atoms with Crippen LogP contribution in [0.15, 0.2) is 0 Å². The van der Waals surface area contributed by atoms with Crippen LogP contribution < -0.4 is 0 Å². The van der Waals surface area contributed by atoms with Gasteiger partial charge in [-0.05, 0) is 19.3 Å². The number of unbranched alkanes of at least 4 members (excludes halogenated alkanes) is 6. The summed E-state index contributed by atoms with van der Waals surface area (Å²) in [5.74, 6) is 0. The molecule has 1 saturated carbocycles. The zero-order valence-corrected chi connectivity index (χ0v) is 10.9. The van der Waals surface area contributed by atoms with Crippen molar-refractivity contribution in [3.05, 3.63) is 0 Å². The first-order valence-corrected chi connectivity index (χ1v) is 7.24. The monoisotopic (exact) mass is 221 g/mol. The van der Waals surface area contributed by atoms with Gasteiger partial charge in [0.2, 0.25) is 0 Å². The highest BCUT2D eigenvalue weighted by Gasteiger charge is 2.32. The predicted octanol–water partition coefficient (Wildman–Crippen LogP) is 5.21. The van der Waals surface area contributed by atoms with Crippen molar-refractivity contribution >= 4 is 0 Å². The van der Waals surface area contributed by atoms with Gasteiger partial charge in [0.1, 0.15) is 0 Å². The molecule has 0 radical (unpaired) electrons. The highest BCUT2D eigenvalue weighted by molar-refractivity contribution is 5.01. The minimum absolute atomic E-state index is 0.0867. The van der Waals surface area contributed by atoms with E-state index >= 15 is 0 Å². The molecule has 0 aromatic rings. The molecular weight excluding hydrogens is 194 g/mol. The molecule has 0 N–H and O–H groups in total. The van der Waals surface area contributed by atoms with Crippen LogP contribution in [0.25, 0.3) is 0 Å². The van der Waals surface area contributed by atoms with Crippen LogP contribution in [-0.4, -0.2) is 0 Å². The highest BCUT2D eigenvalue weighted by atomic mass is 14.4. The molecular formula is C15H27N. The van der Waals surface area contributed by atoms with Gasteiger partial charge in [0.05, 0.1) is 11.5 Å². The highest BCUT2D eigenvalue weighted by Crippen LogP contribution is 2.41. The van der Waals surface area contributed by atoms with Crippen LogP contribution >= 0.6 is 0 Å². The van der Waals surface area contributed by atoms with Crippen LogP contribution in [-0.2, 0) is 0 Å². The first-order chi connectivity index (χ1) is 7.83. The molecule has 1 rings (SSSR count). The second-order valence-electron chi connectivity index (χ2n) is 5.47. The molecule has 0 unspecified atom stereocenters. The van der Waals surface area contributed by atoms with Gasteiger partial charge in [0, 0.05) is 0 Å². The van der Waals surface area contributed by atoms with Crippen molar-refractivity contribution in [1.82, 2.24) is 0 Å². The Kier molecular flexibility index (Phi) is 6.53. The Morgan fingerprint density at radius 3 is 2.06 bits per heavy atom. The summed E-state index contributed by atoms with van der Waals surface area (Å²) in [4.78, 5) is 0. The van der Waals surface area contributed by atoms with Crippen LogP contribution in [0, 0.1) is 16.7 Å². The molecule has 0 saturated heterocycles. The lowest BCUT2D eigenvalue weighted by Crippen LogP contribution is -2.12. The molecule has 0 aliphatic heterocycles. The number of hydrogen-bond acceptors (Lipinski definition) is 1. The molecule has 1 aliphatic rings. The van der Waals surface area contributed by atoms with E-state index in [9.17, 15) is 5.26 Å². The maximum atomic E-state index is 9.24. The van der Waals surface area contributed by atoms with Crippen LogP contribution in [0.5, 0.6) is 0 Å². The standard InChI is InChI=1S/C15H27N/c1-2-3-4-5-6-7-8-11-15(14-16)12-9-10-13-15/h2-13H2,1H3. The normalized spacial score (nSPS) is 18.5. The Morgan fingerprint density at radius 2 is 1.50 bits per heavy atom. The van der Waals surface area contributed by atoms with E-state index in [0.717, 1.165) is 6.42 Å². The summed E-state index contributed by atoms with van der Waals surface area (Å²) in [7, 11) is 0. The fourth-order valence-electron chi connectivity index (χ4n) is 2.89. The van der Waals surface area contributed by atoms with Gasteiger partial charge in [-0.25, -0.2) is 0 Å². The molecule has 0 aromatic heterocycles. The van der Waals surface area contributed by atoms with Crippen LogP contribution in [0.2, 0.25) is 0 Å². The van der Waals surface area contributed by atoms with Gasteiger partial charge in [-0.3, -0.25) is 0 Å². The third-order valence-corrected chi connectivity index (χ3v) is 4.06. The van der Waals surface area contributed by atoms with Gasteiger partial charge in [-0.1, -0.05) is 64.7 Å². The van der Waals surface area contributed by atoms with Crippen molar-refractivity contribution in [2.75, 3.05) is 0 Å². The first kappa shape index (κ1) is 13.6. The average Bonchev–Trinajstić information content (AvgIpc) is 2.77. The Balaban J connectivity index is 2.00. The predicted molar refractivity (Wildman–Crippen MR) is 69.1 cm³/mol. The summed E-state index contributed by atoms with van der Waals surface area (Å²) in [6.45, 7) is 2.26. The molecule has 0 heterocycles. The third-order valence-electron chi connectivity index (χ3n) is 4.06. The molecule has 1 heteroatoms. The number of nitriles is 1. The van der Waals surface area contributed by atoms with Gasteiger partial charge in [-0.2, -0.15) is 5.26 Å². The van der Waals surface area contributed by atoms with Crippen molar-refractivity contribution in [2.24, 2.45) is 5.41 Å². The van der Waals surface area contributed by atoms with Gasteiger partial charge in [0.15, 0.2) is 0 Å². The lowest BCUT2D eigenvalue weighted by Gasteiger charge is -2.19. The second kappa shape index (κ2) is 7.71. The SMILES string of the molecule is CCCCCCCCCC1(C#N)CCCC1. The smallest absolute Gasteiger partial charge is 0.0689 e. The zero-order valence-electron chi connectivity index (χ0n) is 10.9. The van der Waals surface area contributed by atoms with E-state index in [4.69, 9.17) is 0 Å². The fraction of sp³-hybridized carbons (Fsp3) is 0.933. The number of rotatable bonds is 8. The second-order valence-corrected chi connectivity index (χ2v) is 5.47. The first-order valence-electron chi connectivity index (χ1n) is 7.24. The Hall–Kier alpha value is -0.510. The lowest BCUT2D eigenvalue weighted by molar-refractivity contribution is 0.356. The lowest BCUT2D eigenvalue weighted by atomic mass is 9.82. The largest absolute Gasteiger partial charge is 0.198 e.